The molecule has 112 valence electrons. The number of hydrogen-bond donors (Lipinski definition) is 1. The molecule has 2 rings (SSSR count). The quantitative estimate of drug-likeness (QED) is 0.897. The molecule has 1 aromatic rings. The van der Waals surface area contributed by atoms with Crippen molar-refractivity contribution in [2.75, 3.05) is 31.1 Å². The molecule has 0 aromatic heterocycles. The minimum atomic E-state index is -0.135. The zero-order chi connectivity index (χ0) is 14.5. The van der Waals surface area contributed by atoms with Gasteiger partial charge in [-0.25, -0.2) is 4.39 Å². The van der Waals surface area contributed by atoms with Crippen LogP contribution in [0.25, 0.3) is 0 Å². The van der Waals surface area contributed by atoms with Crippen LogP contribution in [0, 0.1) is 5.82 Å². The van der Waals surface area contributed by atoms with Gasteiger partial charge in [0, 0.05) is 19.1 Å². The first-order valence-electron chi connectivity index (χ1n) is 7.55. The van der Waals surface area contributed by atoms with Gasteiger partial charge in [-0.1, -0.05) is 19.9 Å². The Bertz CT molecular complexity index is 438. The molecular formula is C16H25FN2O. The Morgan fingerprint density at radius 1 is 1.45 bits per heavy atom. The molecule has 1 fully saturated rings. The smallest absolute Gasteiger partial charge is 0.146 e. The summed E-state index contributed by atoms with van der Waals surface area (Å²) in [5, 5.41) is 3.30. The molecule has 0 radical (unpaired) electrons. The SMILES string of the molecule is CCNC(C)c1ccc(N2CCOC(CC)C2)c(F)c1. The lowest BCUT2D eigenvalue weighted by Gasteiger charge is -2.34. The zero-order valence-electron chi connectivity index (χ0n) is 12.7. The van der Waals surface area contributed by atoms with Crippen LogP contribution < -0.4 is 10.2 Å². The second-order valence-electron chi connectivity index (χ2n) is 5.34. The predicted molar refractivity (Wildman–Crippen MR) is 80.7 cm³/mol. The van der Waals surface area contributed by atoms with Crippen LogP contribution in [-0.4, -0.2) is 32.3 Å². The first-order valence-corrected chi connectivity index (χ1v) is 7.55. The Hall–Kier alpha value is -1.13. The highest BCUT2D eigenvalue weighted by atomic mass is 19.1. The summed E-state index contributed by atoms with van der Waals surface area (Å²) >= 11 is 0. The minimum absolute atomic E-state index is 0.135. The molecule has 0 aliphatic carbocycles. The number of rotatable bonds is 5. The first kappa shape index (κ1) is 15.3. The Morgan fingerprint density at radius 3 is 2.90 bits per heavy atom. The zero-order valence-corrected chi connectivity index (χ0v) is 12.7. The average Bonchev–Trinajstić information content (AvgIpc) is 2.47. The van der Waals surface area contributed by atoms with Crippen molar-refractivity contribution in [3.8, 4) is 0 Å². The maximum Gasteiger partial charge on any atom is 0.146 e. The van der Waals surface area contributed by atoms with Gasteiger partial charge in [-0.3, -0.25) is 0 Å². The third kappa shape index (κ3) is 3.49. The molecule has 0 spiro atoms. The summed E-state index contributed by atoms with van der Waals surface area (Å²) in [5.41, 5.74) is 1.69. The maximum absolute atomic E-state index is 14.4. The van der Waals surface area contributed by atoms with Gasteiger partial charge < -0.3 is 15.0 Å². The molecule has 0 bridgehead atoms. The number of halogens is 1. The van der Waals surface area contributed by atoms with Crippen molar-refractivity contribution < 1.29 is 9.13 Å². The van der Waals surface area contributed by atoms with E-state index in [0.29, 0.717) is 12.3 Å². The van der Waals surface area contributed by atoms with Gasteiger partial charge in [0.05, 0.1) is 18.4 Å². The van der Waals surface area contributed by atoms with E-state index in [9.17, 15) is 4.39 Å². The van der Waals surface area contributed by atoms with Crippen LogP contribution in [0.2, 0.25) is 0 Å². The van der Waals surface area contributed by atoms with Crippen molar-refractivity contribution in [2.45, 2.75) is 39.3 Å². The third-order valence-electron chi connectivity index (χ3n) is 3.92. The van der Waals surface area contributed by atoms with E-state index in [4.69, 9.17) is 4.74 Å². The highest BCUT2D eigenvalue weighted by Gasteiger charge is 2.21. The van der Waals surface area contributed by atoms with Crippen molar-refractivity contribution in [1.82, 2.24) is 5.32 Å². The highest BCUT2D eigenvalue weighted by Crippen LogP contribution is 2.25. The highest BCUT2D eigenvalue weighted by molar-refractivity contribution is 5.50. The Balaban J connectivity index is 2.13. The Morgan fingerprint density at radius 2 is 2.25 bits per heavy atom. The van der Waals surface area contributed by atoms with E-state index in [1.54, 1.807) is 6.07 Å². The molecule has 3 nitrogen and oxygen atoms in total. The molecule has 1 aromatic carbocycles. The Labute approximate surface area is 121 Å². The van der Waals surface area contributed by atoms with Crippen LogP contribution in [0.3, 0.4) is 0 Å². The van der Waals surface area contributed by atoms with Crippen LogP contribution >= 0.6 is 0 Å². The van der Waals surface area contributed by atoms with E-state index in [1.807, 2.05) is 12.1 Å². The van der Waals surface area contributed by atoms with Crippen LogP contribution in [0.1, 0.15) is 38.8 Å². The van der Waals surface area contributed by atoms with E-state index in [-0.39, 0.29) is 18.0 Å². The summed E-state index contributed by atoms with van der Waals surface area (Å²) in [6, 6.07) is 5.74. The lowest BCUT2D eigenvalue weighted by atomic mass is 10.1. The van der Waals surface area contributed by atoms with Gasteiger partial charge in [-0.15, -0.1) is 0 Å². The number of ether oxygens (including phenoxy) is 1. The van der Waals surface area contributed by atoms with Crippen molar-refractivity contribution in [3.05, 3.63) is 29.6 Å². The summed E-state index contributed by atoms with van der Waals surface area (Å²) in [4.78, 5) is 2.09. The first-order chi connectivity index (χ1) is 9.65. The molecule has 1 saturated heterocycles. The molecule has 0 saturated carbocycles. The summed E-state index contributed by atoms with van der Waals surface area (Å²) in [7, 11) is 0. The molecule has 1 aliphatic heterocycles. The standard InChI is InChI=1S/C16H25FN2O/c1-4-14-11-19(8-9-20-14)16-7-6-13(10-15(16)17)12(3)18-5-2/h6-7,10,12,14,18H,4-5,8-9,11H2,1-3H3. The predicted octanol–water partition coefficient (Wildman–Crippen LogP) is 3.11. The molecule has 1 heterocycles. The summed E-state index contributed by atoms with van der Waals surface area (Å²) in [6.07, 6.45) is 1.18. The van der Waals surface area contributed by atoms with E-state index < -0.39 is 0 Å². The fourth-order valence-electron chi connectivity index (χ4n) is 2.66. The number of morpholine rings is 1. The fourth-order valence-corrected chi connectivity index (χ4v) is 2.66. The largest absolute Gasteiger partial charge is 0.375 e. The summed E-state index contributed by atoms with van der Waals surface area (Å²) in [5.74, 6) is -0.135. The van der Waals surface area contributed by atoms with Crippen LogP contribution in [0.15, 0.2) is 18.2 Å². The molecule has 20 heavy (non-hydrogen) atoms. The lowest BCUT2D eigenvalue weighted by Crippen LogP contribution is -2.42. The molecule has 1 N–H and O–H groups in total. The average molecular weight is 280 g/mol. The maximum atomic E-state index is 14.4. The summed E-state index contributed by atoms with van der Waals surface area (Å²) in [6.45, 7) is 9.30. The van der Waals surface area contributed by atoms with Gasteiger partial charge in [-0.05, 0) is 37.6 Å². The minimum Gasteiger partial charge on any atom is -0.375 e. The molecule has 2 unspecified atom stereocenters. The van der Waals surface area contributed by atoms with Gasteiger partial charge in [0.15, 0.2) is 0 Å². The second kappa shape index (κ2) is 7.04. The summed E-state index contributed by atoms with van der Waals surface area (Å²) < 4.78 is 20.0. The Kier molecular flexibility index (Phi) is 5.38. The molecule has 4 heteroatoms. The fraction of sp³-hybridized carbons (Fsp3) is 0.625. The normalized spacial score (nSPS) is 21.0. The van der Waals surface area contributed by atoms with Crippen LogP contribution in [-0.2, 0) is 4.74 Å². The van der Waals surface area contributed by atoms with Gasteiger partial charge in [0.25, 0.3) is 0 Å². The van der Waals surface area contributed by atoms with E-state index in [2.05, 4.69) is 31.0 Å². The van der Waals surface area contributed by atoms with Crippen molar-refractivity contribution in [3.63, 3.8) is 0 Å². The lowest BCUT2D eigenvalue weighted by molar-refractivity contribution is 0.0382. The van der Waals surface area contributed by atoms with Crippen LogP contribution in [0.4, 0.5) is 10.1 Å². The van der Waals surface area contributed by atoms with E-state index in [0.717, 1.165) is 31.6 Å². The van der Waals surface area contributed by atoms with Gasteiger partial charge >= 0.3 is 0 Å². The van der Waals surface area contributed by atoms with Gasteiger partial charge in [0.2, 0.25) is 0 Å². The van der Waals surface area contributed by atoms with Crippen molar-refractivity contribution in [1.29, 1.82) is 0 Å². The van der Waals surface area contributed by atoms with Crippen molar-refractivity contribution in [2.24, 2.45) is 0 Å². The van der Waals surface area contributed by atoms with E-state index in [1.165, 1.54) is 0 Å². The van der Waals surface area contributed by atoms with Gasteiger partial charge in [0.1, 0.15) is 5.82 Å². The number of benzene rings is 1. The molecule has 2 atom stereocenters. The topological polar surface area (TPSA) is 24.5 Å². The van der Waals surface area contributed by atoms with E-state index >= 15 is 0 Å². The van der Waals surface area contributed by atoms with Crippen LogP contribution in [0.5, 0.6) is 0 Å². The number of nitrogens with zero attached hydrogens (tertiary/aromatic N) is 1. The third-order valence-corrected chi connectivity index (χ3v) is 3.92. The molecule has 0 amide bonds. The number of hydrogen-bond acceptors (Lipinski definition) is 3. The number of nitrogens with one attached hydrogen (secondary N) is 1. The second-order valence-corrected chi connectivity index (χ2v) is 5.34. The van der Waals surface area contributed by atoms with Crippen molar-refractivity contribution >= 4 is 5.69 Å². The molecule has 1 aliphatic rings. The van der Waals surface area contributed by atoms with Gasteiger partial charge in [-0.2, -0.15) is 0 Å². The number of anilines is 1. The molecular weight excluding hydrogens is 255 g/mol. The monoisotopic (exact) mass is 280 g/mol.